The maximum absolute atomic E-state index is 6.23. The Morgan fingerprint density at radius 3 is 3.00 bits per heavy atom. The Bertz CT molecular complexity index is 396. The minimum atomic E-state index is 0.0939. The Kier molecular flexibility index (Phi) is 3.36. The van der Waals surface area contributed by atoms with Crippen LogP contribution in [0.3, 0.4) is 0 Å². The second kappa shape index (κ2) is 4.76. The minimum absolute atomic E-state index is 0.0939. The normalized spacial score (nSPS) is 16.2. The molecule has 1 aliphatic heterocycles. The number of likely N-dealkylation sites (N-methyl/N-ethyl adjacent to an activating group) is 1. The second-order valence-electron chi connectivity index (χ2n) is 4.57. The van der Waals surface area contributed by atoms with Crippen molar-refractivity contribution < 1.29 is 0 Å². The van der Waals surface area contributed by atoms with Gasteiger partial charge in [-0.05, 0) is 37.2 Å². The van der Waals surface area contributed by atoms with Crippen LogP contribution >= 0.6 is 0 Å². The van der Waals surface area contributed by atoms with Gasteiger partial charge in [0.25, 0.3) is 0 Å². The molecule has 0 aromatic heterocycles. The van der Waals surface area contributed by atoms with Crippen LogP contribution in [0.25, 0.3) is 0 Å². The highest BCUT2D eigenvalue weighted by atomic mass is 15.1. The second-order valence-corrected chi connectivity index (χ2v) is 4.57. The standard InChI is InChI=1S/C13H19N3/c1-16(2)9-13(14)12-5-3-4-10-8-15-7-6-11(10)12/h3-5,8,13H,6-7,9,14H2,1-2H3. The number of fused-ring (bicyclic) bond motifs is 1. The van der Waals surface area contributed by atoms with Crippen LogP contribution < -0.4 is 5.73 Å². The van der Waals surface area contributed by atoms with E-state index in [2.05, 4.69) is 42.2 Å². The van der Waals surface area contributed by atoms with Crippen molar-refractivity contribution in [3.63, 3.8) is 0 Å². The summed E-state index contributed by atoms with van der Waals surface area (Å²) in [6, 6.07) is 6.42. The Labute approximate surface area is 97.0 Å². The summed E-state index contributed by atoms with van der Waals surface area (Å²) < 4.78 is 0. The molecule has 0 saturated heterocycles. The third-order valence-corrected chi connectivity index (χ3v) is 2.93. The fourth-order valence-corrected chi connectivity index (χ4v) is 2.21. The Balaban J connectivity index is 2.30. The van der Waals surface area contributed by atoms with Crippen LogP contribution in [-0.4, -0.2) is 38.3 Å². The molecule has 0 fully saturated rings. The van der Waals surface area contributed by atoms with Crippen molar-refractivity contribution in [1.82, 2.24) is 4.90 Å². The number of hydrogen-bond donors (Lipinski definition) is 1. The van der Waals surface area contributed by atoms with E-state index in [1.54, 1.807) is 0 Å². The van der Waals surface area contributed by atoms with Crippen molar-refractivity contribution in [3.8, 4) is 0 Å². The minimum Gasteiger partial charge on any atom is -0.323 e. The van der Waals surface area contributed by atoms with E-state index in [1.165, 1.54) is 16.7 Å². The highest BCUT2D eigenvalue weighted by Gasteiger charge is 2.15. The molecule has 1 aromatic rings. The highest BCUT2D eigenvalue weighted by molar-refractivity contribution is 5.83. The summed E-state index contributed by atoms with van der Waals surface area (Å²) in [6.45, 7) is 1.77. The smallest absolute Gasteiger partial charge is 0.0430 e. The van der Waals surface area contributed by atoms with Gasteiger partial charge in [0.2, 0.25) is 0 Å². The lowest BCUT2D eigenvalue weighted by molar-refractivity contribution is 0.376. The molecule has 0 amide bonds. The van der Waals surface area contributed by atoms with Gasteiger partial charge in [-0.25, -0.2) is 0 Å². The number of aliphatic imine (C=N–C) groups is 1. The molecule has 1 heterocycles. The zero-order valence-electron chi connectivity index (χ0n) is 9.98. The number of benzene rings is 1. The number of nitrogens with two attached hydrogens (primary N) is 1. The molecule has 0 spiro atoms. The van der Waals surface area contributed by atoms with Crippen molar-refractivity contribution in [3.05, 3.63) is 34.9 Å². The van der Waals surface area contributed by atoms with E-state index < -0.39 is 0 Å². The van der Waals surface area contributed by atoms with Gasteiger partial charge in [-0.3, -0.25) is 4.99 Å². The molecular formula is C13H19N3. The third-order valence-electron chi connectivity index (χ3n) is 2.93. The van der Waals surface area contributed by atoms with E-state index in [4.69, 9.17) is 5.73 Å². The molecule has 1 atom stereocenters. The quantitative estimate of drug-likeness (QED) is 0.827. The molecule has 0 saturated carbocycles. The van der Waals surface area contributed by atoms with Crippen LogP contribution in [0.1, 0.15) is 22.7 Å². The van der Waals surface area contributed by atoms with Crippen molar-refractivity contribution in [1.29, 1.82) is 0 Å². The average Bonchev–Trinajstić information content (AvgIpc) is 2.27. The monoisotopic (exact) mass is 217 g/mol. The molecule has 2 N–H and O–H groups in total. The maximum atomic E-state index is 6.23. The molecular weight excluding hydrogens is 198 g/mol. The summed E-state index contributed by atoms with van der Waals surface area (Å²) in [5.41, 5.74) is 10.1. The first-order chi connectivity index (χ1) is 7.68. The lowest BCUT2D eigenvalue weighted by Crippen LogP contribution is -2.27. The van der Waals surface area contributed by atoms with Crippen LogP contribution in [0.5, 0.6) is 0 Å². The molecule has 0 aliphatic carbocycles. The Morgan fingerprint density at radius 1 is 1.44 bits per heavy atom. The summed E-state index contributed by atoms with van der Waals surface area (Å²) >= 11 is 0. The Hall–Kier alpha value is -1.19. The molecule has 86 valence electrons. The predicted octanol–water partition coefficient (Wildman–Crippen LogP) is 1.22. The van der Waals surface area contributed by atoms with Gasteiger partial charge >= 0.3 is 0 Å². The first-order valence-corrected chi connectivity index (χ1v) is 5.70. The SMILES string of the molecule is CN(C)CC(N)c1cccc2c1CCN=C2. The lowest BCUT2D eigenvalue weighted by Gasteiger charge is -2.22. The molecule has 3 heteroatoms. The van der Waals surface area contributed by atoms with Gasteiger partial charge < -0.3 is 10.6 Å². The van der Waals surface area contributed by atoms with E-state index in [0.717, 1.165) is 19.5 Å². The van der Waals surface area contributed by atoms with Crippen LogP contribution in [0.15, 0.2) is 23.2 Å². The fraction of sp³-hybridized carbons (Fsp3) is 0.462. The summed E-state index contributed by atoms with van der Waals surface area (Å²) in [4.78, 5) is 6.43. The average molecular weight is 217 g/mol. The van der Waals surface area contributed by atoms with Crippen LogP contribution in [0.4, 0.5) is 0 Å². The molecule has 16 heavy (non-hydrogen) atoms. The van der Waals surface area contributed by atoms with Crippen molar-refractivity contribution in [2.45, 2.75) is 12.5 Å². The Morgan fingerprint density at radius 2 is 2.25 bits per heavy atom. The van der Waals surface area contributed by atoms with Gasteiger partial charge in [0.05, 0.1) is 0 Å². The predicted molar refractivity (Wildman–Crippen MR) is 68.1 cm³/mol. The van der Waals surface area contributed by atoms with Gasteiger partial charge in [-0.2, -0.15) is 0 Å². The molecule has 2 rings (SSSR count). The van der Waals surface area contributed by atoms with Crippen molar-refractivity contribution >= 4 is 6.21 Å². The maximum Gasteiger partial charge on any atom is 0.0430 e. The number of rotatable bonds is 3. The van der Waals surface area contributed by atoms with Crippen LogP contribution in [-0.2, 0) is 6.42 Å². The van der Waals surface area contributed by atoms with Crippen molar-refractivity contribution in [2.75, 3.05) is 27.2 Å². The molecule has 0 bridgehead atoms. The summed E-state index contributed by atoms with van der Waals surface area (Å²) in [5, 5.41) is 0. The highest BCUT2D eigenvalue weighted by Crippen LogP contribution is 2.22. The van der Waals surface area contributed by atoms with E-state index >= 15 is 0 Å². The first kappa shape index (κ1) is 11.3. The van der Waals surface area contributed by atoms with E-state index in [0.29, 0.717) is 0 Å². The van der Waals surface area contributed by atoms with E-state index in [-0.39, 0.29) is 6.04 Å². The third kappa shape index (κ3) is 2.31. The first-order valence-electron chi connectivity index (χ1n) is 5.70. The van der Waals surface area contributed by atoms with Gasteiger partial charge in [0.1, 0.15) is 0 Å². The zero-order valence-corrected chi connectivity index (χ0v) is 9.98. The largest absolute Gasteiger partial charge is 0.323 e. The number of nitrogens with zero attached hydrogens (tertiary/aromatic N) is 2. The summed E-state index contributed by atoms with van der Waals surface area (Å²) in [6.07, 6.45) is 2.98. The molecule has 1 aromatic carbocycles. The fourth-order valence-electron chi connectivity index (χ4n) is 2.21. The van der Waals surface area contributed by atoms with Gasteiger partial charge in [0.15, 0.2) is 0 Å². The van der Waals surface area contributed by atoms with Gasteiger partial charge in [-0.15, -0.1) is 0 Å². The summed E-state index contributed by atoms with van der Waals surface area (Å²) in [7, 11) is 4.10. The van der Waals surface area contributed by atoms with Gasteiger partial charge in [-0.1, -0.05) is 18.2 Å². The van der Waals surface area contributed by atoms with Crippen LogP contribution in [0.2, 0.25) is 0 Å². The molecule has 1 unspecified atom stereocenters. The topological polar surface area (TPSA) is 41.6 Å². The van der Waals surface area contributed by atoms with Gasteiger partial charge in [0, 0.05) is 25.3 Å². The van der Waals surface area contributed by atoms with Crippen LogP contribution in [0, 0.1) is 0 Å². The summed E-state index contributed by atoms with van der Waals surface area (Å²) in [5.74, 6) is 0. The van der Waals surface area contributed by atoms with E-state index in [1.807, 2.05) is 6.21 Å². The van der Waals surface area contributed by atoms with Crippen molar-refractivity contribution in [2.24, 2.45) is 10.7 Å². The lowest BCUT2D eigenvalue weighted by atomic mass is 9.93. The molecule has 3 nitrogen and oxygen atoms in total. The van der Waals surface area contributed by atoms with E-state index in [9.17, 15) is 0 Å². The molecule has 1 aliphatic rings. The number of hydrogen-bond acceptors (Lipinski definition) is 3. The zero-order chi connectivity index (χ0) is 11.5. The molecule has 0 radical (unpaired) electrons.